The number of amides is 1. The molecule has 0 radical (unpaired) electrons. The fourth-order valence-corrected chi connectivity index (χ4v) is 4.61. The van der Waals surface area contributed by atoms with Crippen LogP contribution in [-0.4, -0.2) is 37.8 Å². The zero-order valence-corrected chi connectivity index (χ0v) is 20.3. The van der Waals surface area contributed by atoms with Crippen LogP contribution in [0.15, 0.2) is 60.2 Å². The second kappa shape index (κ2) is 8.96. The number of aryl methyl sites for hydroxylation is 2. The van der Waals surface area contributed by atoms with Crippen molar-refractivity contribution in [3.63, 3.8) is 0 Å². The van der Waals surface area contributed by atoms with Gasteiger partial charge in [-0.3, -0.25) is 14.5 Å². The van der Waals surface area contributed by atoms with Gasteiger partial charge >= 0.3 is 0 Å². The topological polar surface area (TPSA) is 94.5 Å². The highest BCUT2D eigenvalue weighted by Gasteiger charge is 2.47. The van der Waals surface area contributed by atoms with Crippen LogP contribution in [0.2, 0.25) is 0 Å². The molecule has 0 aromatic heterocycles. The first-order chi connectivity index (χ1) is 17.3. The number of carbonyl (C=O) groups excluding carboxylic acids is 2. The Morgan fingerprint density at radius 3 is 2.42 bits per heavy atom. The van der Waals surface area contributed by atoms with E-state index in [0.717, 1.165) is 11.1 Å². The third kappa shape index (κ3) is 3.71. The van der Waals surface area contributed by atoms with Crippen molar-refractivity contribution in [2.45, 2.75) is 19.9 Å². The Hall–Kier alpha value is -4.46. The molecule has 0 aliphatic carbocycles. The maximum atomic E-state index is 13.5. The molecule has 0 bridgehead atoms. The number of carbonyl (C=O) groups is 2. The van der Waals surface area contributed by atoms with Crippen molar-refractivity contribution in [1.82, 2.24) is 0 Å². The quantitative estimate of drug-likeness (QED) is 0.317. The van der Waals surface area contributed by atoms with Crippen molar-refractivity contribution in [2.24, 2.45) is 0 Å². The van der Waals surface area contributed by atoms with E-state index >= 15 is 0 Å². The summed E-state index contributed by atoms with van der Waals surface area (Å²) >= 11 is 0. The van der Waals surface area contributed by atoms with Gasteiger partial charge in [0.25, 0.3) is 11.7 Å². The van der Waals surface area contributed by atoms with E-state index in [1.165, 1.54) is 19.1 Å². The van der Waals surface area contributed by atoms with E-state index in [2.05, 4.69) is 0 Å². The van der Waals surface area contributed by atoms with Gasteiger partial charge in [-0.2, -0.15) is 0 Å². The highest BCUT2D eigenvalue weighted by Crippen LogP contribution is 2.46. The van der Waals surface area contributed by atoms with E-state index in [1.807, 2.05) is 26.0 Å². The molecule has 1 unspecified atom stereocenters. The number of hydrogen-bond acceptors (Lipinski definition) is 7. The molecule has 184 valence electrons. The Balaban J connectivity index is 1.75. The summed E-state index contributed by atoms with van der Waals surface area (Å²) in [5, 5.41) is 11.5. The number of aliphatic hydroxyl groups excluding tert-OH is 1. The summed E-state index contributed by atoms with van der Waals surface area (Å²) in [6, 6.07) is 14.8. The zero-order chi connectivity index (χ0) is 25.6. The van der Waals surface area contributed by atoms with Gasteiger partial charge in [-0.25, -0.2) is 0 Å². The molecule has 8 heteroatoms. The van der Waals surface area contributed by atoms with Crippen molar-refractivity contribution in [3.8, 4) is 23.0 Å². The van der Waals surface area contributed by atoms with Gasteiger partial charge in [0.05, 0.1) is 25.8 Å². The third-order valence-electron chi connectivity index (χ3n) is 6.45. The Labute approximate surface area is 208 Å². The number of benzene rings is 3. The van der Waals surface area contributed by atoms with E-state index in [4.69, 9.17) is 18.9 Å². The van der Waals surface area contributed by atoms with Gasteiger partial charge < -0.3 is 24.1 Å². The minimum absolute atomic E-state index is 0.0152. The summed E-state index contributed by atoms with van der Waals surface area (Å²) in [5.41, 5.74) is 3.16. The van der Waals surface area contributed by atoms with Crippen LogP contribution in [0.25, 0.3) is 5.76 Å². The standard InChI is InChI=1S/C28H25NO7/c1-15-5-6-16(2)19(11-15)26(30)24-25(17-7-9-20(33-3)22(12-17)34-4)29(28(32)27(24)31)18-8-10-21-23(13-18)36-14-35-21/h5-13,25,30H,14H2,1-4H3/b26-24+. The summed E-state index contributed by atoms with van der Waals surface area (Å²) in [6.07, 6.45) is 0. The van der Waals surface area contributed by atoms with Gasteiger partial charge in [0.15, 0.2) is 23.0 Å². The molecule has 2 aliphatic heterocycles. The number of methoxy groups -OCH3 is 2. The molecular formula is C28H25NO7. The number of fused-ring (bicyclic) bond motifs is 1. The maximum Gasteiger partial charge on any atom is 0.300 e. The number of nitrogens with zero attached hydrogens (tertiary/aromatic N) is 1. The van der Waals surface area contributed by atoms with Crippen molar-refractivity contribution in [2.75, 3.05) is 25.9 Å². The molecule has 3 aromatic rings. The predicted molar refractivity (Wildman–Crippen MR) is 133 cm³/mol. The fraction of sp³-hybridized carbons (Fsp3) is 0.214. The number of aliphatic hydroxyl groups is 1. The van der Waals surface area contributed by atoms with Crippen LogP contribution in [0.1, 0.15) is 28.3 Å². The molecule has 8 nitrogen and oxygen atoms in total. The molecule has 0 spiro atoms. The molecule has 2 heterocycles. The van der Waals surface area contributed by atoms with Gasteiger partial charge in [0, 0.05) is 17.3 Å². The second-order valence-corrected chi connectivity index (χ2v) is 8.64. The number of hydrogen-bond donors (Lipinski definition) is 1. The average molecular weight is 488 g/mol. The molecule has 1 amide bonds. The fourth-order valence-electron chi connectivity index (χ4n) is 4.61. The van der Waals surface area contributed by atoms with Crippen LogP contribution in [-0.2, 0) is 9.59 Å². The SMILES string of the molecule is COc1ccc(C2/C(=C(\O)c3cc(C)ccc3C)C(=O)C(=O)N2c2ccc3c(c2)OCO3)cc1OC. The first kappa shape index (κ1) is 23.3. The van der Waals surface area contributed by atoms with Crippen LogP contribution in [0.4, 0.5) is 5.69 Å². The lowest BCUT2D eigenvalue weighted by molar-refractivity contribution is -0.132. The minimum atomic E-state index is -0.926. The number of ether oxygens (including phenoxy) is 4. The lowest BCUT2D eigenvalue weighted by Crippen LogP contribution is -2.29. The number of Topliss-reactive ketones (excluding diaryl/α,β-unsaturated/α-hetero) is 1. The Bertz CT molecular complexity index is 1430. The highest BCUT2D eigenvalue weighted by atomic mass is 16.7. The molecule has 3 aromatic carbocycles. The largest absolute Gasteiger partial charge is 0.507 e. The van der Waals surface area contributed by atoms with E-state index in [0.29, 0.717) is 39.8 Å². The van der Waals surface area contributed by atoms with Gasteiger partial charge in [-0.1, -0.05) is 23.8 Å². The minimum Gasteiger partial charge on any atom is -0.507 e. The van der Waals surface area contributed by atoms with E-state index < -0.39 is 17.7 Å². The zero-order valence-electron chi connectivity index (χ0n) is 20.3. The van der Waals surface area contributed by atoms with E-state index in [-0.39, 0.29) is 18.1 Å². The molecule has 36 heavy (non-hydrogen) atoms. The van der Waals surface area contributed by atoms with Crippen molar-refractivity contribution >= 4 is 23.1 Å². The van der Waals surface area contributed by atoms with Gasteiger partial charge in [0.1, 0.15) is 5.76 Å². The second-order valence-electron chi connectivity index (χ2n) is 8.64. The Morgan fingerprint density at radius 1 is 0.917 bits per heavy atom. The Kier molecular flexibility index (Phi) is 5.80. The summed E-state index contributed by atoms with van der Waals surface area (Å²) in [4.78, 5) is 28.3. The van der Waals surface area contributed by atoms with Gasteiger partial charge in [0.2, 0.25) is 6.79 Å². The summed E-state index contributed by atoms with van der Waals surface area (Å²) in [5.74, 6) is 0.154. The van der Waals surface area contributed by atoms with Crippen molar-refractivity contribution in [3.05, 3.63) is 82.4 Å². The molecule has 0 saturated carbocycles. The van der Waals surface area contributed by atoms with Crippen LogP contribution >= 0.6 is 0 Å². The van der Waals surface area contributed by atoms with Crippen LogP contribution in [0.3, 0.4) is 0 Å². The van der Waals surface area contributed by atoms with Crippen molar-refractivity contribution < 1.29 is 33.6 Å². The van der Waals surface area contributed by atoms with Gasteiger partial charge in [-0.15, -0.1) is 0 Å². The first-order valence-corrected chi connectivity index (χ1v) is 11.3. The van der Waals surface area contributed by atoms with Crippen LogP contribution in [0.5, 0.6) is 23.0 Å². The lowest BCUT2D eigenvalue weighted by Gasteiger charge is -2.26. The summed E-state index contributed by atoms with van der Waals surface area (Å²) < 4.78 is 21.7. The average Bonchev–Trinajstić information content (AvgIpc) is 3.46. The molecular weight excluding hydrogens is 462 g/mol. The first-order valence-electron chi connectivity index (χ1n) is 11.3. The lowest BCUT2D eigenvalue weighted by atomic mass is 9.93. The van der Waals surface area contributed by atoms with Crippen LogP contribution in [0, 0.1) is 13.8 Å². The van der Waals surface area contributed by atoms with E-state index in [1.54, 1.807) is 42.5 Å². The maximum absolute atomic E-state index is 13.5. The number of ketones is 1. The van der Waals surface area contributed by atoms with Crippen LogP contribution < -0.4 is 23.8 Å². The molecule has 1 atom stereocenters. The molecule has 1 saturated heterocycles. The normalized spacial score (nSPS) is 18.0. The monoisotopic (exact) mass is 487 g/mol. The summed E-state index contributed by atoms with van der Waals surface area (Å²) in [7, 11) is 3.03. The number of anilines is 1. The Morgan fingerprint density at radius 2 is 1.67 bits per heavy atom. The third-order valence-corrected chi connectivity index (χ3v) is 6.45. The predicted octanol–water partition coefficient (Wildman–Crippen LogP) is 4.68. The highest BCUT2D eigenvalue weighted by molar-refractivity contribution is 6.51. The molecule has 2 aliphatic rings. The van der Waals surface area contributed by atoms with E-state index in [9.17, 15) is 14.7 Å². The molecule has 1 fully saturated rings. The number of rotatable bonds is 5. The van der Waals surface area contributed by atoms with Gasteiger partial charge in [-0.05, 0) is 55.3 Å². The molecule has 1 N–H and O–H groups in total. The molecule has 5 rings (SSSR count). The summed E-state index contributed by atoms with van der Waals surface area (Å²) in [6.45, 7) is 3.81. The smallest absolute Gasteiger partial charge is 0.300 e. The van der Waals surface area contributed by atoms with Crippen molar-refractivity contribution in [1.29, 1.82) is 0 Å².